The lowest BCUT2D eigenvalue weighted by atomic mass is 9.77. The van der Waals surface area contributed by atoms with Crippen molar-refractivity contribution in [2.75, 3.05) is 0 Å². The van der Waals surface area contributed by atoms with Crippen LogP contribution in [0.5, 0.6) is 0 Å². The molecular formula is C72H46N6O. The zero-order valence-corrected chi connectivity index (χ0v) is 42.6. The second-order valence-corrected chi connectivity index (χ2v) is 19.4. The summed E-state index contributed by atoms with van der Waals surface area (Å²) in [5, 5.41) is 31.0. The van der Waals surface area contributed by atoms with E-state index < -0.39 is 0 Å². The molecule has 0 N–H and O–H groups in total. The summed E-state index contributed by atoms with van der Waals surface area (Å²) < 4.78 is 7.37. The minimum absolute atomic E-state index is 0.686. The summed E-state index contributed by atoms with van der Waals surface area (Å²) in [7, 11) is 0. The molecule has 7 heteroatoms. The SMILES string of the molecule is c1ccc(-c2ccccc2-c2c(-c3ccccc3)nnnc2-c2ccccc2-c2c(-c3ccccc3)c(-c3ccccc3-c3nnnc(-c4ccccc4)c3-c3ccccc3)c3c(oc4ccccc43)c2-c2ccccc2)cc1. The molecular weight excluding hydrogens is 965 g/mol. The molecule has 7 nitrogen and oxygen atoms in total. The first kappa shape index (κ1) is 46.7. The van der Waals surface area contributed by atoms with Crippen molar-refractivity contribution in [2.24, 2.45) is 0 Å². The van der Waals surface area contributed by atoms with Gasteiger partial charge in [-0.1, -0.05) is 273 Å². The number of aromatic nitrogens is 6. The van der Waals surface area contributed by atoms with Crippen LogP contribution in [0.2, 0.25) is 0 Å². The van der Waals surface area contributed by atoms with Crippen molar-refractivity contribution >= 4 is 21.9 Å². The zero-order valence-electron chi connectivity index (χ0n) is 42.6. The van der Waals surface area contributed by atoms with Crippen molar-refractivity contribution < 1.29 is 4.42 Å². The van der Waals surface area contributed by atoms with E-state index in [1.165, 1.54) is 0 Å². The third kappa shape index (κ3) is 8.34. The van der Waals surface area contributed by atoms with Crippen LogP contribution >= 0.6 is 0 Å². The Morgan fingerprint density at radius 2 is 0.557 bits per heavy atom. The third-order valence-corrected chi connectivity index (χ3v) is 14.8. The maximum Gasteiger partial charge on any atom is 0.144 e. The quantitative estimate of drug-likeness (QED) is 0.127. The van der Waals surface area contributed by atoms with Crippen LogP contribution in [0.25, 0.3) is 145 Å². The fourth-order valence-corrected chi connectivity index (χ4v) is 11.4. The van der Waals surface area contributed by atoms with Gasteiger partial charge in [-0.3, -0.25) is 0 Å². The van der Waals surface area contributed by atoms with Gasteiger partial charge in [-0.15, -0.1) is 20.4 Å². The normalized spacial score (nSPS) is 11.3. The lowest BCUT2D eigenvalue weighted by Crippen LogP contribution is -2.04. The fraction of sp³-hybridized carbons (Fsp3) is 0. The standard InChI is InChI=1S/C72H46N6O/c1-7-27-47(28-8-1)53-39-19-20-40-54(53)67-69(52-37-17-6-18-38-52)74-78-76-71(67)58-44-24-21-41-55(58)64-61(48-29-9-2-10-30-48)65(66-59-45-25-26-46-60(59)79-72(66)62(64)49-31-11-3-12-32-49)56-42-22-23-43-57(56)70-63(50-33-13-4-14-34-50)68(73-77-75-70)51-35-15-5-16-36-51/h1-46H. The van der Waals surface area contributed by atoms with Crippen LogP contribution in [0.3, 0.4) is 0 Å². The van der Waals surface area contributed by atoms with Crippen LogP contribution < -0.4 is 0 Å². The van der Waals surface area contributed by atoms with Gasteiger partial charge in [-0.25, -0.2) is 0 Å². The number of benzene rings is 11. The van der Waals surface area contributed by atoms with Gasteiger partial charge in [0.15, 0.2) is 0 Å². The molecule has 14 aromatic rings. The van der Waals surface area contributed by atoms with E-state index in [1.807, 2.05) is 54.6 Å². The Morgan fingerprint density at radius 3 is 1.08 bits per heavy atom. The summed E-state index contributed by atoms with van der Waals surface area (Å²) in [4.78, 5) is 0. The van der Waals surface area contributed by atoms with E-state index in [2.05, 4.69) is 235 Å². The van der Waals surface area contributed by atoms with Crippen LogP contribution in [-0.2, 0) is 0 Å². The van der Waals surface area contributed by atoms with Gasteiger partial charge < -0.3 is 4.42 Å². The van der Waals surface area contributed by atoms with Crippen molar-refractivity contribution in [3.8, 4) is 123 Å². The minimum Gasteiger partial charge on any atom is -0.455 e. The molecule has 0 fully saturated rings. The molecule has 3 heterocycles. The van der Waals surface area contributed by atoms with Crippen LogP contribution in [0, 0.1) is 0 Å². The molecule has 0 amide bonds. The number of hydrogen-bond acceptors (Lipinski definition) is 7. The smallest absolute Gasteiger partial charge is 0.144 e. The van der Waals surface area contributed by atoms with Crippen molar-refractivity contribution in [3.05, 3.63) is 279 Å². The summed E-state index contributed by atoms with van der Waals surface area (Å²) in [6, 6.07) is 96.9. The van der Waals surface area contributed by atoms with Crippen LogP contribution in [0.4, 0.5) is 0 Å². The van der Waals surface area contributed by atoms with Gasteiger partial charge >= 0.3 is 0 Å². The van der Waals surface area contributed by atoms with Crippen LogP contribution in [0.15, 0.2) is 283 Å². The lowest BCUT2D eigenvalue weighted by Gasteiger charge is -2.25. The Hall–Kier alpha value is -10.8. The number of fused-ring (bicyclic) bond motifs is 3. The molecule has 0 radical (unpaired) electrons. The van der Waals surface area contributed by atoms with E-state index in [0.29, 0.717) is 11.4 Å². The van der Waals surface area contributed by atoms with Gasteiger partial charge in [0.25, 0.3) is 0 Å². The van der Waals surface area contributed by atoms with Crippen molar-refractivity contribution in [1.29, 1.82) is 0 Å². The van der Waals surface area contributed by atoms with E-state index in [9.17, 15) is 0 Å². The molecule has 0 aliphatic heterocycles. The maximum absolute atomic E-state index is 7.37. The van der Waals surface area contributed by atoms with Crippen molar-refractivity contribution in [3.63, 3.8) is 0 Å². The maximum atomic E-state index is 7.37. The number of para-hydroxylation sites is 1. The molecule has 79 heavy (non-hydrogen) atoms. The molecule has 370 valence electrons. The predicted molar refractivity (Wildman–Crippen MR) is 320 cm³/mol. The summed E-state index contributed by atoms with van der Waals surface area (Å²) in [5.74, 6) is 0. The van der Waals surface area contributed by atoms with Gasteiger partial charge in [0, 0.05) is 60.8 Å². The van der Waals surface area contributed by atoms with Gasteiger partial charge in [0.05, 0.1) is 0 Å². The molecule has 0 aliphatic rings. The molecule has 0 saturated carbocycles. The summed E-state index contributed by atoms with van der Waals surface area (Å²) in [6.45, 7) is 0. The minimum atomic E-state index is 0.686. The molecule has 0 aliphatic carbocycles. The molecule has 0 spiro atoms. The van der Waals surface area contributed by atoms with Gasteiger partial charge in [0.1, 0.15) is 33.9 Å². The second kappa shape index (κ2) is 20.4. The monoisotopic (exact) mass is 1010 g/mol. The molecule has 14 rings (SSSR count). The number of rotatable bonds is 11. The van der Waals surface area contributed by atoms with E-state index in [-0.39, 0.29) is 0 Å². The molecule has 11 aromatic carbocycles. The molecule has 0 unspecified atom stereocenters. The van der Waals surface area contributed by atoms with Gasteiger partial charge in [-0.05, 0) is 66.6 Å². The summed E-state index contributed by atoms with van der Waals surface area (Å²) in [6.07, 6.45) is 0. The highest BCUT2D eigenvalue weighted by Crippen LogP contribution is 2.57. The average molecular weight is 1010 g/mol. The Bertz CT molecular complexity index is 4510. The highest BCUT2D eigenvalue weighted by atomic mass is 16.3. The van der Waals surface area contributed by atoms with Gasteiger partial charge in [0.2, 0.25) is 0 Å². The number of hydrogen-bond donors (Lipinski definition) is 0. The highest BCUT2D eigenvalue weighted by Gasteiger charge is 2.32. The summed E-state index contributed by atoms with van der Waals surface area (Å²) >= 11 is 0. The van der Waals surface area contributed by atoms with E-state index in [1.54, 1.807) is 0 Å². The Kier molecular flexibility index (Phi) is 12.1. The number of furan rings is 1. The molecule has 0 bridgehead atoms. The van der Waals surface area contributed by atoms with Gasteiger partial charge in [-0.2, -0.15) is 0 Å². The van der Waals surface area contributed by atoms with E-state index in [0.717, 1.165) is 133 Å². The largest absolute Gasteiger partial charge is 0.455 e. The molecule has 3 aromatic heterocycles. The first-order valence-electron chi connectivity index (χ1n) is 26.4. The Morgan fingerprint density at radius 1 is 0.215 bits per heavy atom. The molecule has 0 atom stereocenters. The van der Waals surface area contributed by atoms with E-state index in [4.69, 9.17) is 24.8 Å². The van der Waals surface area contributed by atoms with Crippen LogP contribution in [0.1, 0.15) is 0 Å². The molecule has 0 saturated heterocycles. The fourth-order valence-electron chi connectivity index (χ4n) is 11.4. The van der Waals surface area contributed by atoms with Crippen molar-refractivity contribution in [1.82, 2.24) is 30.8 Å². The van der Waals surface area contributed by atoms with E-state index >= 15 is 0 Å². The third-order valence-electron chi connectivity index (χ3n) is 14.8. The summed E-state index contributed by atoms with van der Waals surface area (Å²) in [5.41, 5.74) is 21.6. The number of nitrogens with zero attached hydrogens (tertiary/aromatic N) is 6. The second-order valence-electron chi connectivity index (χ2n) is 19.4. The first-order valence-corrected chi connectivity index (χ1v) is 26.4. The average Bonchev–Trinajstić information content (AvgIpc) is 4.14. The Balaban J connectivity index is 1.16. The topological polar surface area (TPSA) is 90.5 Å². The Labute approximate surface area is 456 Å². The lowest BCUT2D eigenvalue weighted by molar-refractivity contribution is 0.670. The van der Waals surface area contributed by atoms with Crippen LogP contribution in [-0.4, -0.2) is 30.8 Å². The highest BCUT2D eigenvalue weighted by molar-refractivity contribution is 6.26. The zero-order chi connectivity index (χ0) is 52.5. The predicted octanol–water partition coefficient (Wildman–Crippen LogP) is 18.3. The van der Waals surface area contributed by atoms with Crippen molar-refractivity contribution in [2.45, 2.75) is 0 Å². The first-order chi connectivity index (χ1) is 39.3.